The van der Waals surface area contributed by atoms with Crippen LogP contribution in [0.15, 0.2) is 33.6 Å². The quantitative estimate of drug-likeness (QED) is 0.649. The third-order valence-electron chi connectivity index (χ3n) is 3.59. The number of sulfonamides is 1. The number of aryl methyl sites for hydroxylation is 1. The molecular weight excluding hydrogens is 314 g/mol. The number of hydrogen-bond donors (Lipinski definition) is 1. The average Bonchev–Trinajstić information content (AvgIpc) is 2.52. The smallest absolute Gasteiger partial charge is 0.283 e. The van der Waals surface area contributed by atoms with Crippen molar-refractivity contribution in [2.45, 2.75) is 31.7 Å². The summed E-state index contributed by atoms with van der Waals surface area (Å²) < 4.78 is 34.6. The molecule has 0 spiro atoms. The van der Waals surface area contributed by atoms with Gasteiger partial charge in [-0.25, -0.2) is 0 Å². The molecule has 2 rings (SSSR count). The number of hydrogen-bond acceptors (Lipinski definition) is 4. The summed E-state index contributed by atoms with van der Waals surface area (Å²) in [6, 6.07) is 7.01. The van der Waals surface area contributed by atoms with E-state index in [-0.39, 0.29) is 10.9 Å². The van der Waals surface area contributed by atoms with Gasteiger partial charge in [-0.2, -0.15) is 8.42 Å². The van der Waals surface area contributed by atoms with Gasteiger partial charge in [0.2, 0.25) is 0 Å². The van der Waals surface area contributed by atoms with Crippen LogP contribution in [0.3, 0.4) is 0 Å². The average molecular weight is 339 g/mol. The van der Waals surface area contributed by atoms with Crippen molar-refractivity contribution in [3.8, 4) is 0 Å². The molecule has 0 saturated carbocycles. The first kappa shape index (κ1) is 17.9. The molecule has 1 heterocycles. The third kappa shape index (κ3) is 5.30. The zero-order valence-corrected chi connectivity index (χ0v) is 14.8. The molecule has 1 aliphatic heterocycles. The molecule has 23 heavy (non-hydrogen) atoms. The summed E-state index contributed by atoms with van der Waals surface area (Å²) in [6.07, 6.45) is 0. The number of nitrogens with zero attached hydrogens (tertiary/aromatic N) is 2. The molecule has 1 aliphatic rings. The van der Waals surface area contributed by atoms with E-state index in [1.807, 2.05) is 25.7 Å². The van der Waals surface area contributed by atoms with Crippen molar-refractivity contribution in [2.24, 2.45) is 4.40 Å². The van der Waals surface area contributed by atoms with Crippen LogP contribution < -0.4 is 5.32 Å². The number of amidine groups is 1. The van der Waals surface area contributed by atoms with Crippen molar-refractivity contribution < 1.29 is 13.2 Å². The van der Waals surface area contributed by atoms with Crippen LogP contribution in [0, 0.1) is 6.92 Å². The number of ether oxygens (including phenoxy) is 1. The van der Waals surface area contributed by atoms with Gasteiger partial charge in [0, 0.05) is 19.1 Å². The predicted octanol–water partition coefficient (Wildman–Crippen LogP) is 1.41. The third-order valence-corrected chi connectivity index (χ3v) is 4.91. The minimum atomic E-state index is -3.71. The molecule has 1 aromatic rings. The molecule has 1 saturated heterocycles. The SMILES string of the molecule is Cc1ccc(S(=O)(=O)N=C(CNC(C)C)N2CCOCC2)cc1. The highest BCUT2D eigenvalue weighted by Crippen LogP contribution is 2.14. The van der Waals surface area contributed by atoms with E-state index in [9.17, 15) is 8.42 Å². The van der Waals surface area contributed by atoms with Crippen LogP contribution in [-0.2, 0) is 14.8 Å². The molecule has 0 unspecified atom stereocenters. The second kappa shape index (κ2) is 7.90. The lowest BCUT2D eigenvalue weighted by atomic mass is 10.2. The Labute approximate surface area is 138 Å². The summed E-state index contributed by atoms with van der Waals surface area (Å²) in [5.74, 6) is 0.544. The Kier molecular flexibility index (Phi) is 6.15. The molecule has 0 bridgehead atoms. The molecule has 1 N–H and O–H groups in total. The predicted molar refractivity (Wildman–Crippen MR) is 91.3 cm³/mol. The van der Waals surface area contributed by atoms with Gasteiger partial charge in [0.25, 0.3) is 10.0 Å². The maximum atomic E-state index is 12.6. The molecular formula is C16H25N3O3S. The van der Waals surface area contributed by atoms with Gasteiger partial charge in [0.15, 0.2) is 0 Å². The number of nitrogens with one attached hydrogen (secondary N) is 1. The van der Waals surface area contributed by atoms with Crippen LogP contribution in [0.1, 0.15) is 19.4 Å². The Morgan fingerprint density at radius 3 is 2.43 bits per heavy atom. The molecule has 0 aromatic heterocycles. The largest absolute Gasteiger partial charge is 0.378 e. The lowest BCUT2D eigenvalue weighted by molar-refractivity contribution is 0.0674. The molecule has 6 nitrogen and oxygen atoms in total. The van der Waals surface area contributed by atoms with Crippen molar-refractivity contribution in [3.05, 3.63) is 29.8 Å². The normalized spacial score (nSPS) is 16.9. The summed E-state index contributed by atoms with van der Waals surface area (Å²) in [5.41, 5.74) is 1.02. The Morgan fingerprint density at radius 2 is 1.87 bits per heavy atom. The van der Waals surface area contributed by atoms with E-state index in [0.29, 0.717) is 38.7 Å². The van der Waals surface area contributed by atoms with Gasteiger partial charge in [0.1, 0.15) is 5.84 Å². The van der Waals surface area contributed by atoms with Gasteiger partial charge >= 0.3 is 0 Å². The van der Waals surface area contributed by atoms with Gasteiger partial charge in [0.05, 0.1) is 24.7 Å². The fourth-order valence-corrected chi connectivity index (χ4v) is 3.26. The van der Waals surface area contributed by atoms with Crippen LogP contribution in [0.25, 0.3) is 0 Å². The second-order valence-electron chi connectivity index (χ2n) is 5.93. The van der Waals surface area contributed by atoms with E-state index >= 15 is 0 Å². The molecule has 1 fully saturated rings. The molecule has 128 valence electrons. The summed E-state index contributed by atoms with van der Waals surface area (Å²) in [5, 5.41) is 3.25. The minimum absolute atomic E-state index is 0.221. The Morgan fingerprint density at radius 1 is 1.26 bits per heavy atom. The molecule has 1 aromatic carbocycles. The van der Waals surface area contributed by atoms with Crippen LogP contribution in [0.2, 0.25) is 0 Å². The van der Waals surface area contributed by atoms with Gasteiger partial charge in [-0.3, -0.25) is 0 Å². The maximum absolute atomic E-state index is 12.6. The fraction of sp³-hybridized carbons (Fsp3) is 0.562. The van der Waals surface area contributed by atoms with Crippen molar-refractivity contribution in [1.29, 1.82) is 0 Å². The molecule has 0 radical (unpaired) electrons. The molecule has 0 aliphatic carbocycles. The minimum Gasteiger partial charge on any atom is -0.378 e. The van der Waals surface area contributed by atoms with Gasteiger partial charge < -0.3 is 15.0 Å². The van der Waals surface area contributed by atoms with Gasteiger partial charge in [-0.15, -0.1) is 4.40 Å². The van der Waals surface area contributed by atoms with E-state index in [1.54, 1.807) is 24.3 Å². The van der Waals surface area contributed by atoms with Crippen LogP contribution in [-0.4, -0.2) is 58.0 Å². The van der Waals surface area contributed by atoms with E-state index in [1.165, 1.54) is 0 Å². The van der Waals surface area contributed by atoms with Gasteiger partial charge in [-0.1, -0.05) is 31.5 Å². The topological polar surface area (TPSA) is 71.0 Å². The second-order valence-corrected chi connectivity index (χ2v) is 7.53. The van der Waals surface area contributed by atoms with E-state index in [4.69, 9.17) is 4.74 Å². The number of rotatable bonds is 5. The first-order valence-electron chi connectivity index (χ1n) is 7.85. The van der Waals surface area contributed by atoms with Crippen LogP contribution in [0.5, 0.6) is 0 Å². The lowest BCUT2D eigenvalue weighted by Gasteiger charge is -2.30. The molecule has 0 amide bonds. The van der Waals surface area contributed by atoms with E-state index in [0.717, 1.165) is 5.56 Å². The van der Waals surface area contributed by atoms with Crippen molar-refractivity contribution in [3.63, 3.8) is 0 Å². The highest BCUT2D eigenvalue weighted by atomic mass is 32.2. The Bertz CT molecular complexity index is 633. The zero-order chi connectivity index (χ0) is 16.9. The summed E-state index contributed by atoms with van der Waals surface area (Å²) in [4.78, 5) is 2.20. The number of benzene rings is 1. The van der Waals surface area contributed by atoms with Crippen molar-refractivity contribution >= 4 is 15.9 Å². The van der Waals surface area contributed by atoms with E-state index < -0.39 is 10.0 Å². The molecule has 0 atom stereocenters. The number of morpholine rings is 1. The monoisotopic (exact) mass is 339 g/mol. The lowest BCUT2D eigenvalue weighted by Crippen LogP contribution is -2.46. The maximum Gasteiger partial charge on any atom is 0.283 e. The van der Waals surface area contributed by atoms with Crippen LogP contribution in [0.4, 0.5) is 0 Å². The Balaban J connectivity index is 2.27. The molecule has 7 heteroatoms. The van der Waals surface area contributed by atoms with Crippen molar-refractivity contribution in [2.75, 3.05) is 32.8 Å². The first-order valence-corrected chi connectivity index (χ1v) is 9.29. The summed E-state index contributed by atoms with van der Waals surface area (Å²) in [7, 11) is -3.71. The zero-order valence-electron chi connectivity index (χ0n) is 13.9. The Hall–Kier alpha value is -1.44. The van der Waals surface area contributed by atoms with E-state index in [2.05, 4.69) is 9.71 Å². The first-order chi connectivity index (χ1) is 10.9. The summed E-state index contributed by atoms with van der Waals surface area (Å²) in [6.45, 7) is 8.87. The van der Waals surface area contributed by atoms with Crippen LogP contribution >= 0.6 is 0 Å². The van der Waals surface area contributed by atoms with Gasteiger partial charge in [-0.05, 0) is 19.1 Å². The highest BCUT2D eigenvalue weighted by molar-refractivity contribution is 7.90. The fourth-order valence-electron chi connectivity index (χ4n) is 2.22. The summed E-state index contributed by atoms with van der Waals surface area (Å²) >= 11 is 0. The standard InChI is InChI=1S/C16H25N3O3S/c1-13(2)17-12-16(19-8-10-22-11-9-19)18-23(20,21)15-6-4-14(3)5-7-15/h4-7,13,17H,8-12H2,1-3H3. The highest BCUT2D eigenvalue weighted by Gasteiger charge is 2.20. The van der Waals surface area contributed by atoms with Crippen molar-refractivity contribution in [1.82, 2.24) is 10.2 Å².